The molecule has 1 aromatic carbocycles. The van der Waals surface area contributed by atoms with E-state index in [1.807, 2.05) is 40.7 Å². The van der Waals surface area contributed by atoms with Gasteiger partial charge in [0.15, 0.2) is 0 Å². The van der Waals surface area contributed by atoms with E-state index in [1.54, 1.807) is 4.90 Å². The van der Waals surface area contributed by atoms with Crippen molar-refractivity contribution in [3.63, 3.8) is 0 Å². The van der Waals surface area contributed by atoms with E-state index in [0.29, 0.717) is 6.54 Å². The van der Waals surface area contributed by atoms with Gasteiger partial charge in [-0.15, -0.1) is 0 Å². The fourth-order valence-electron chi connectivity index (χ4n) is 2.79. The van der Waals surface area contributed by atoms with E-state index in [4.69, 9.17) is 10.5 Å². The molecular formula is C18H28N2O2. The first-order valence-electron chi connectivity index (χ1n) is 7.96. The zero-order valence-electron chi connectivity index (χ0n) is 14.4. The zero-order chi connectivity index (χ0) is 16.5. The van der Waals surface area contributed by atoms with Gasteiger partial charge in [-0.05, 0) is 71.1 Å². The number of benzene rings is 1. The molecule has 1 heterocycles. The number of aryl methyl sites for hydroxylation is 1. The minimum atomic E-state index is -0.474. The minimum absolute atomic E-state index is 0.228. The van der Waals surface area contributed by atoms with Gasteiger partial charge in [0.05, 0.1) is 5.69 Å². The van der Waals surface area contributed by atoms with Crippen LogP contribution in [0.3, 0.4) is 0 Å². The van der Waals surface area contributed by atoms with Gasteiger partial charge in [0.25, 0.3) is 0 Å². The van der Waals surface area contributed by atoms with Crippen molar-refractivity contribution in [1.82, 2.24) is 0 Å². The molecule has 1 aliphatic heterocycles. The van der Waals surface area contributed by atoms with Crippen LogP contribution in [-0.2, 0) is 17.6 Å². The van der Waals surface area contributed by atoms with Crippen LogP contribution in [0.15, 0.2) is 18.2 Å². The number of hydrogen-bond acceptors (Lipinski definition) is 3. The van der Waals surface area contributed by atoms with Crippen molar-refractivity contribution in [1.29, 1.82) is 0 Å². The molecule has 1 amide bonds. The molecule has 1 aromatic rings. The number of nitrogens with two attached hydrogens (primary N) is 1. The van der Waals surface area contributed by atoms with Gasteiger partial charge in [-0.1, -0.05) is 12.1 Å². The van der Waals surface area contributed by atoms with Gasteiger partial charge in [0, 0.05) is 12.1 Å². The molecule has 0 saturated carbocycles. The molecule has 2 rings (SSSR count). The molecule has 0 atom stereocenters. The highest BCUT2D eigenvalue weighted by atomic mass is 16.6. The highest BCUT2D eigenvalue weighted by molar-refractivity contribution is 5.89. The van der Waals surface area contributed by atoms with Crippen LogP contribution in [0, 0.1) is 0 Å². The van der Waals surface area contributed by atoms with Gasteiger partial charge in [0.2, 0.25) is 0 Å². The minimum Gasteiger partial charge on any atom is -0.443 e. The molecule has 0 saturated heterocycles. The average Bonchev–Trinajstić information content (AvgIpc) is 2.33. The zero-order valence-corrected chi connectivity index (χ0v) is 14.4. The first-order chi connectivity index (χ1) is 10.1. The number of fused-ring (bicyclic) bond motifs is 1. The molecule has 0 aliphatic carbocycles. The van der Waals surface area contributed by atoms with Crippen molar-refractivity contribution in [2.75, 3.05) is 11.4 Å². The number of rotatable bonds is 2. The third-order valence-corrected chi connectivity index (χ3v) is 3.54. The second-order valence-electron chi connectivity index (χ2n) is 7.86. The Bertz CT molecular complexity index is 553. The standard InChI is InChI=1S/C18H28N2O2/c1-17(2,3)22-16(21)20-10-6-7-14-11-13(8-9-15(14)20)12-18(4,5)19/h8-9,11H,6-7,10,12,19H2,1-5H3. The van der Waals surface area contributed by atoms with Gasteiger partial charge >= 0.3 is 6.09 Å². The lowest BCUT2D eigenvalue weighted by Crippen LogP contribution is -2.40. The molecule has 22 heavy (non-hydrogen) atoms. The SMILES string of the molecule is CC(C)(N)Cc1ccc2c(c1)CCCN2C(=O)OC(C)(C)C. The monoisotopic (exact) mass is 304 g/mol. The highest BCUT2D eigenvalue weighted by Gasteiger charge is 2.27. The molecule has 0 spiro atoms. The van der Waals surface area contributed by atoms with Gasteiger partial charge in [-0.2, -0.15) is 0 Å². The van der Waals surface area contributed by atoms with Crippen LogP contribution in [0.5, 0.6) is 0 Å². The van der Waals surface area contributed by atoms with Crippen LogP contribution in [0.4, 0.5) is 10.5 Å². The van der Waals surface area contributed by atoms with Crippen molar-refractivity contribution in [3.8, 4) is 0 Å². The predicted molar refractivity (Wildman–Crippen MR) is 90.3 cm³/mol. The van der Waals surface area contributed by atoms with Crippen molar-refractivity contribution < 1.29 is 9.53 Å². The van der Waals surface area contributed by atoms with Crippen LogP contribution in [-0.4, -0.2) is 23.8 Å². The lowest BCUT2D eigenvalue weighted by Gasteiger charge is -2.32. The molecule has 0 radical (unpaired) electrons. The highest BCUT2D eigenvalue weighted by Crippen LogP contribution is 2.30. The summed E-state index contributed by atoms with van der Waals surface area (Å²) >= 11 is 0. The van der Waals surface area contributed by atoms with Crippen LogP contribution in [0.2, 0.25) is 0 Å². The van der Waals surface area contributed by atoms with Gasteiger partial charge < -0.3 is 10.5 Å². The number of nitrogens with zero attached hydrogens (tertiary/aromatic N) is 1. The molecule has 1 aliphatic rings. The lowest BCUT2D eigenvalue weighted by atomic mass is 9.92. The van der Waals surface area contributed by atoms with Crippen LogP contribution >= 0.6 is 0 Å². The number of hydrogen-bond donors (Lipinski definition) is 1. The summed E-state index contributed by atoms with van der Waals surface area (Å²) in [5.41, 5.74) is 8.80. The maximum absolute atomic E-state index is 12.4. The Kier molecular flexibility index (Phi) is 4.52. The number of carbonyl (C=O) groups is 1. The Morgan fingerprint density at radius 3 is 2.55 bits per heavy atom. The number of amides is 1. The second kappa shape index (κ2) is 5.92. The molecule has 2 N–H and O–H groups in total. The summed E-state index contributed by atoms with van der Waals surface area (Å²) in [5.74, 6) is 0. The summed E-state index contributed by atoms with van der Waals surface area (Å²) in [6, 6.07) is 6.27. The topological polar surface area (TPSA) is 55.6 Å². The summed E-state index contributed by atoms with van der Waals surface area (Å²) in [6.45, 7) is 10.4. The van der Waals surface area contributed by atoms with Crippen molar-refractivity contribution in [2.24, 2.45) is 5.73 Å². The van der Waals surface area contributed by atoms with E-state index in [-0.39, 0.29) is 11.6 Å². The first kappa shape index (κ1) is 16.8. The van der Waals surface area contributed by atoms with Crippen molar-refractivity contribution in [2.45, 2.75) is 65.0 Å². The van der Waals surface area contributed by atoms with E-state index >= 15 is 0 Å². The third kappa shape index (κ3) is 4.47. The number of ether oxygens (including phenoxy) is 1. The summed E-state index contributed by atoms with van der Waals surface area (Å²) in [7, 11) is 0. The van der Waals surface area contributed by atoms with Crippen LogP contribution in [0.25, 0.3) is 0 Å². The largest absolute Gasteiger partial charge is 0.443 e. The Morgan fingerprint density at radius 2 is 1.95 bits per heavy atom. The fourth-order valence-corrected chi connectivity index (χ4v) is 2.79. The van der Waals surface area contributed by atoms with E-state index < -0.39 is 5.60 Å². The molecule has 0 aromatic heterocycles. The molecule has 0 unspecified atom stereocenters. The maximum Gasteiger partial charge on any atom is 0.414 e. The van der Waals surface area contributed by atoms with Gasteiger partial charge in [-0.25, -0.2) is 4.79 Å². The molecular weight excluding hydrogens is 276 g/mol. The van der Waals surface area contributed by atoms with E-state index in [9.17, 15) is 4.79 Å². The molecule has 4 heteroatoms. The third-order valence-electron chi connectivity index (χ3n) is 3.54. The summed E-state index contributed by atoms with van der Waals surface area (Å²) < 4.78 is 5.51. The maximum atomic E-state index is 12.4. The Labute approximate surface area is 133 Å². The van der Waals surface area contributed by atoms with Gasteiger partial charge in [-0.3, -0.25) is 4.90 Å². The molecule has 4 nitrogen and oxygen atoms in total. The van der Waals surface area contributed by atoms with E-state index in [0.717, 1.165) is 24.9 Å². The Balaban J connectivity index is 2.23. The fraction of sp³-hybridized carbons (Fsp3) is 0.611. The van der Waals surface area contributed by atoms with Crippen LogP contribution in [0.1, 0.15) is 52.2 Å². The van der Waals surface area contributed by atoms with Gasteiger partial charge in [0.1, 0.15) is 5.60 Å². The molecule has 0 bridgehead atoms. The quantitative estimate of drug-likeness (QED) is 0.907. The Hall–Kier alpha value is -1.55. The molecule has 122 valence electrons. The summed E-state index contributed by atoms with van der Waals surface area (Å²) in [6.07, 6.45) is 2.52. The van der Waals surface area contributed by atoms with E-state index in [1.165, 1.54) is 11.1 Å². The summed E-state index contributed by atoms with van der Waals surface area (Å²) in [4.78, 5) is 14.1. The van der Waals surface area contributed by atoms with E-state index in [2.05, 4.69) is 12.1 Å². The Morgan fingerprint density at radius 1 is 1.27 bits per heavy atom. The first-order valence-corrected chi connectivity index (χ1v) is 7.96. The predicted octanol–water partition coefficient (Wildman–Crippen LogP) is 3.65. The second-order valence-corrected chi connectivity index (χ2v) is 7.86. The average molecular weight is 304 g/mol. The normalized spacial score (nSPS) is 15.5. The number of carbonyl (C=O) groups excluding carboxylic acids is 1. The lowest BCUT2D eigenvalue weighted by molar-refractivity contribution is 0.0578. The summed E-state index contributed by atoms with van der Waals surface area (Å²) in [5, 5.41) is 0. The van der Waals surface area contributed by atoms with Crippen LogP contribution < -0.4 is 10.6 Å². The molecule has 0 fully saturated rings. The van der Waals surface area contributed by atoms with Crippen molar-refractivity contribution in [3.05, 3.63) is 29.3 Å². The number of anilines is 1. The smallest absolute Gasteiger partial charge is 0.414 e. The van der Waals surface area contributed by atoms with Crippen molar-refractivity contribution >= 4 is 11.8 Å².